The zero-order valence-electron chi connectivity index (χ0n) is 31.3. The second-order valence-electron chi connectivity index (χ2n) is 17.1. The van der Waals surface area contributed by atoms with Crippen molar-refractivity contribution in [1.29, 1.82) is 0 Å². The van der Waals surface area contributed by atoms with E-state index in [1.54, 1.807) is 0 Å². The van der Waals surface area contributed by atoms with E-state index in [1.165, 1.54) is 120 Å². The van der Waals surface area contributed by atoms with Crippen LogP contribution in [0.15, 0.2) is 0 Å². The molecule has 41 heavy (non-hydrogen) atoms. The van der Waals surface area contributed by atoms with Crippen molar-refractivity contribution >= 4 is 16.5 Å². The van der Waals surface area contributed by atoms with Crippen LogP contribution in [-0.4, -0.2) is 27.2 Å². The van der Waals surface area contributed by atoms with Crippen molar-refractivity contribution < 1.29 is 0 Å². The Morgan fingerprint density at radius 2 is 0.561 bits per heavy atom. The normalized spacial score (nSPS) is 13.5. The van der Waals surface area contributed by atoms with E-state index >= 15 is 0 Å². The first-order chi connectivity index (χ1) is 19.2. The van der Waals surface area contributed by atoms with Gasteiger partial charge in [0.1, 0.15) is 16.5 Å². The van der Waals surface area contributed by atoms with Crippen LogP contribution in [0.1, 0.15) is 167 Å². The lowest BCUT2D eigenvalue weighted by molar-refractivity contribution is 0.462. The third kappa shape index (κ3) is 18.7. The Morgan fingerprint density at radius 1 is 0.341 bits per heavy atom. The summed E-state index contributed by atoms with van der Waals surface area (Å²) >= 11 is 0. The lowest BCUT2D eigenvalue weighted by atomic mass is 10.1. The van der Waals surface area contributed by atoms with E-state index in [2.05, 4.69) is 94.2 Å². The molecule has 0 aromatic carbocycles. The van der Waals surface area contributed by atoms with Gasteiger partial charge in [0.2, 0.25) is 0 Å². The Morgan fingerprint density at radius 3 is 0.780 bits per heavy atom. The highest BCUT2D eigenvalue weighted by atomic mass is 28.4. The van der Waals surface area contributed by atoms with Gasteiger partial charge < -0.3 is 4.23 Å². The molecule has 0 rings (SSSR count). The molecule has 0 spiro atoms. The summed E-state index contributed by atoms with van der Waals surface area (Å²) < 4.78 is 3.52. The molecule has 0 atom stereocenters. The van der Waals surface area contributed by atoms with Gasteiger partial charge in [-0.15, -0.1) is 0 Å². The lowest BCUT2D eigenvalue weighted by Gasteiger charge is -2.57. The molecule has 0 saturated heterocycles. The molecule has 0 aliphatic rings. The summed E-state index contributed by atoms with van der Waals surface area (Å²) in [4.78, 5) is 0. The molecule has 0 bridgehead atoms. The number of unbranched alkanes of at least 4 members (excludes halogenated alkanes) is 11. The standard InChI is InChI=1S/C38H83NSi2/c1-14-15-16-17-18-19-20-21-22-23-24-25-26-39(40(27-33(2)3,28-34(4)5)29-35(6)7)41(30-36(8)9,31-37(10)11)32-38(12)13/h33-38H,14-32H2,1-13H3. The zero-order valence-corrected chi connectivity index (χ0v) is 33.3. The molecule has 0 unspecified atom stereocenters. The molecule has 0 heterocycles. The second kappa shape index (κ2) is 22.8. The van der Waals surface area contributed by atoms with E-state index in [4.69, 9.17) is 0 Å². The Hall–Kier alpha value is 0.394. The Kier molecular flexibility index (Phi) is 23.1. The number of nitrogens with zero attached hydrogens (tertiary/aromatic N) is 1. The minimum atomic E-state index is -1.66. The minimum absolute atomic E-state index is 0.812. The van der Waals surface area contributed by atoms with E-state index in [9.17, 15) is 0 Å². The maximum atomic E-state index is 3.52. The molecule has 0 saturated carbocycles. The van der Waals surface area contributed by atoms with Crippen molar-refractivity contribution in [2.75, 3.05) is 6.54 Å². The first-order valence-electron chi connectivity index (χ1n) is 19.0. The molecule has 0 fully saturated rings. The van der Waals surface area contributed by atoms with Crippen LogP contribution in [0.2, 0.25) is 36.3 Å². The molecule has 0 aromatic heterocycles. The summed E-state index contributed by atoms with van der Waals surface area (Å²) in [5.41, 5.74) is 0. The molecule has 1 nitrogen and oxygen atoms in total. The zero-order chi connectivity index (χ0) is 31.5. The van der Waals surface area contributed by atoms with E-state index in [1.807, 2.05) is 0 Å². The van der Waals surface area contributed by atoms with Gasteiger partial charge in [-0.3, -0.25) is 0 Å². The van der Waals surface area contributed by atoms with Gasteiger partial charge in [0.05, 0.1) is 0 Å². The molecule has 248 valence electrons. The molecular weight excluding hydrogens is 527 g/mol. The van der Waals surface area contributed by atoms with Crippen molar-refractivity contribution in [3.8, 4) is 0 Å². The second-order valence-corrected chi connectivity index (χ2v) is 26.0. The van der Waals surface area contributed by atoms with E-state index < -0.39 is 16.5 Å². The van der Waals surface area contributed by atoms with Gasteiger partial charge in [0.15, 0.2) is 0 Å². The molecule has 0 aliphatic carbocycles. The third-order valence-electron chi connectivity index (χ3n) is 9.11. The molecule has 3 heteroatoms. The Bertz CT molecular complexity index is 504. The highest BCUT2D eigenvalue weighted by Crippen LogP contribution is 2.44. The maximum absolute atomic E-state index is 3.52. The Labute approximate surface area is 265 Å². The predicted octanol–water partition coefficient (Wildman–Crippen LogP) is 13.8. The summed E-state index contributed by atoms with van der Waals surface area (Å²) in [5, 5.41) is 0. The number of hydrogen-bond donors (Lipinski definition) is 0. The van der Waals surface area contributed by atoms with Gasteiger partial charge >= 0.3 is 0 Å². The molecule has 0 amide bonds. The highest BCUT2D eigenvalue weighted by molar-refractivity contribution is 6.93. The predicted molar refractivity (Wildman–Crippen MR) is 197 cm³/mol. The molecule has 0 aliphatic heterocycles. The van der Waals surface area contributed by atoms with Gasteiger partial charge in [-0.1, -0.05) is 161 Å². The van der Waals surface area contributed by atoms with Gasteiger partial charge in [-0.05, 0) is 84.7 Å². The van der Waals surface area contributed by atoms with Gasteiger partial charge in [0.25, 0.3) is 0 Å². The van der Waals surface area contributed by atoms with Crippen LogP contribution >= 0.6 is 0 Å². The fourth-order valence-electron chi connectivity index (χ4n) is 8.81. The maximum Gasteiger partial charge on any atom is 0.122 e. The largest absolute Gasteiger partial charge is 0.345 e. The fourth-order valence-corrected chi connectivity index (χ4v) is 27.2. The van der Waals surface area contributed by atoms with Gasteiger partial charge in [-0.2, -0.15) is 0 Å². The van der Waals surface area contributed by atoms with Crippen LogP contribution < -0.4 is 0 Å². The van der Waals surface area contributed by atoms with Crippen LogP contribution in [-0.2, 0) is 0 Å². The molecule has 0 N–H and O–H groups in total. The fraction of sp³-hybridized carbons (Fsp3) is 1.00. The van der Waals surface area contributed by atoms with Crippen LogP contribution in [0, 0.1) is 35.5 Å². The van der Waals surface area contributed by atoms with Crippen LogP contribution in [0.3, 0.4) is 0 Å². The summed E-state index contributed by atoms with van der Waals surface area (Å²) in [6, 6.07) is 9.11. The molecule has 0 aromatic rings. The summed E-state index contributed by atoms with van der Waals surface area (Å²) in [7, 11) is -3.31. The van der Waals surface area contributed by atoms with Crippen molar-refractivity contribution in [2.45, 2.75) is 203 Å². The first-order valence-corrected chi connectivity index (χ1v) is 24.1. The lowest BCUT2D eigenvalue weighted by Crippen LogP contribution is -2.69. The van der Waals surface area contributed by atoms with Crippen LogP contribution in [0.4, 0.5) is 0 Å². The first kappa shape index (κ1) is 41.4. The minimum Gasteiger partial charge on any atom is -0.345 e. The summed E-state index contributed by atoms with van der Waals surface area (Å²) in [6.45, 7) is 34.3. The van der Waals surface area contributed by atoms with E-state index in [-0.39, 0.29) is 0 Å². The van der Waals surface area contributed by atoms with Crippen molar-refractivity contribution in [2.24, 2.45) is 35.5 Å². The van der Waals surface area contributed by atoms with E-state index in [0.29, 0.717) is 0 Å². The topological polar surface area (TPSA) is 3.24 Å². The summed E-state index contributed by atoms with van der Waals surface area (Å²) in [6.07, 6.45) is 17.4. The number of hydrogen-bond acceptors (Lipinski definition) is 1. The van der Waals surface area contributed by atoms with Gasteiger partial charge in [0, 0.05) is 0 Å². The average molecular weight is 610 g/mol. The average Bonchev–Trinajstić information content (AvgIpc) is 2.79. The van der Waals surface area contributed by atoms with Crippen LogP contribution in [0.5, 0.6) is 0 Å². The van der Waals surface area contributed by atoms with Crippen molar-refractivity contribution in [3.63, 3.8) is 0 Å². The summed E-state index contributed by atoms with van der Waals surface area (Å²) in [5.74, 6) is 4.87. The van der Waals surface area contributed by atoms with E-state index in [0.717, 1.165) is 35.5 Å². The SMILES string of the molecule is CCCCCCCCCCCCCCN([Si](CC(C)C)(CC(C)C)CC(C)C)[Si](CC(C)C)(CC(C)C)CC(C)C. The number of rotatable bonds is 27. The third-order valence-corrected chi connectivity index (χ3v) is 24.2. The van der Waals surface area contributed by atoms with Crippen molar-refractivity contribution in [1.82, 2.24) is 4.23 Å². The Balaban J connectivity index is 6.02. The highest BCUT2D eigenvalue weighted by Gasteiger charge is 2.51. The quantitative estimate of drug-likeness (QED) is 0.0661. The van der Waals surface area contributed by atoms with Crippen LogP contribution in [0.25, 0.3) is 0 Å². The monoisotopic (exact) mass is 610 g/mol. The molecular formula is C38H83NSi2. The smallest absolute Gasteiger partial charge is 0.122 e. The molecule has 0 radical (unpaired) electrons. The van der Waals surface area contributed by atoms with Crippen molar-refractivity contribution in [3.05, 3.63) is 0 Å². The van der Waals surface area contributed by atoms with Gasteiger partial charge in [-0.25, -0.2) is 0 Å².